The van der Waals surface area contributed by atoms with E-state index < -0.39 is 0 Å². The van der Waals surface area contributed by atoms with Gasteiger partial charge in [-0.25, -0.2) is 9.78 Å². The zero-order valence-electron chi connectivity index (χ0n) is 13.5. The van der Waals surface area contributed by atoms with Crippen molar-refractivity contribution in [3.63, 3.8) is 0 Å². The number of pyridine rings is 1. The molecule has 0 saturated heterocycles. The lowest BCUT2D eigenvalue weighted by Gasteiger charge is -2.06. The summed E-state index contributed by atoms with van der Waals surface area (Å²) in [7, 11) is 2.98. The predicted molar refractivity (Wildman–Crippen MR) is 93.0 cm³/mol. The molecule has 0 bridgehead atoms. The molecule has 0 saturated carbocycles. The van der Waals surface area contributed by atoms with Crippen molar-refractivity contribution in [3.8, 4) is 28.3 Å². The molecule has 0 amide bonds. The number of methoxy groups -OCH3 is 2. The maximum absolute atomic E-state index is 11.5. The summed E-state index contributed by atoms with van der Waals surface area (Å²) in [5, 5.41) is 0. The van der Waals surface area contributed by atoms with Crippen LogP contribution < -0.4 is 4.74 Å². The van der Waals surface area contributed by atoms with Gasteiger partial charge in [-0.1, -0.05) is 42.5 Å². The second kappa shape index (κ2) is 6.96. The van der Waals surface area contributed by atoms with Crippen LogP contribution in [0.15, 0.2) is 66.7 Å². The zero-order valence-corrected chi connectivity index (χ0v) is 13.5. The average molecular weight is 319 g/mol. The standard InChI is InChI=1S/C20H17NO3/c1-23-19-5-3-4-18(21-19)16-10-6-14(7-11-16)15-8-12-17(13-9-15)20(22)24-2/h3-13H,1-2H3. The molecule has 2 aromatic carbocycles. The summed E-state index contributed by atoms with van der Waals surface area (Å²) in [6, 6.07) is 21.1. The van der Waals surface area contributed by atoms with Crippen LogP contribution >= 0.6 is 0 Å². The fourth-order valence-corrected chi connectivity index (χ4v) is 2.44. The summed E-state index contributed by atoms with van der Waals surface area (Å²) in [5.41, 5.74) is 4.52. The van der Waals surface area contributed by atoms with Crippen LogP contribution in [-0.2, 0) is 4.74 Å². The third-order valence-corrected chi connectivity index (χ3v) is 3.75. The first-order valence-electron chi connectivity index (χ1n) is 7.51. The summed E-state index contributed by atoms with van der Waals surface area (Å²) in [4.78, 5) is 15.9. The van der Waals surface area contributed by atoms with E-state index in [0.29, 0.717) is 11.4 Å². The molecule has 0 aliphatic heterocycles. The molecule has 0 spiro atoms. The van der Waals surface area contributed by atoms with Gasteiger partial charge in [-0.3, -0.25) is 0 Å². The van der Waals surface area contributed by atoms with E-state index in [1.54, 1.807) is 19.2 Å². The van der Waals surface area contributed by atoms with Crippen LogP contribution in [0.4, 0.5) is 0 Å². The monoisotopic (exact) mass is 319 g/mol. The lowest BCUT2D eigenvalue weighted by molar-refractivity contribution is 0.0601. The third kappa shape index (κ3) is 3.27. The molecule has 0 aliphatic carbocycles. The van der Waals surface area contributed by atoms with Crippen LogP contribution in [0.2, 0.25) is 0 Å². The minimum absolute atomic E-state index is 0.332. The molecule has 4 nitrogen and oxygen atoms in total. The van der Waals surface area contributed by atoms with E-state index in [4.69, 9.17) is 9.47 Å². The Morgan fingerprint density at radius 1 is 0.792 bits per heavy atom. The molecular weight excluding hydrogens is 302 g/mol. The number of hydrogen-bond donors (Lipinski definition) is 0. The molecule has 3 rings (SSSR count). The minimum atomic E-state index is -0.332. The Bertz CT molecular complexity index is 840. The van der Waals surface area contributed by atoms with Gasteiger partial charge in [0.25, 0.3) is 0 Å². The fraction of sp³-hybridized carbons (Fsp3) is 0.100. The van der Waals surface area contributed by atoms with Gasteiger partial charge in [0.2, 0.25) is 5.88 Å². The Morgan fingerprint density at radius 3 is 1.96 bits per heavy atom. The van der Waals surface area contributed by atoms with Crippen LogP contribution in [-0.4, -0.2) is 25.2 Å². The van der Waals surface area contributed by atoms with E-state index >= 15 is 0 Å². The normalized spacial score (nSPS) is 10.2. The van der Waals surface area contributed by atoms with Crippen molar-refractivity contribution in [1.29, 1.82) is 0 Å². The van der Waals surface area contributed by atoms with E-state index in [-0.39, 0.29) is 5.97 Å². The lowest BCUT2D eigenvalue weighted by Crippen LogP contribution is -2.00. The number of benzene rings is 2. The highest BCUT2D eigenvalue weighted by Crippen LogP contribution is 2.25. The molecule has 0 atom stereocenters. The van der Waals surface area contributed by atoms with Crippen LogP contribution in [0.3, 0.4) is 0 Å². The zero-order chi connectivity index (χ0) is 16.9. The Labute approximate surface area is 140 Å². The van der Waals surface area contributed by atoms with Crippen LogP contribution in [0.5, 0.6) is 5.88 Å². The number of esters is 1. The molecule has 1 aromatic heterocycles. The Morgan fingerprint density at radius 2 is 1.38 bits per heavy atom. The summed E-state index contributed by atoms with van der Waals surface area (Å²) >= 11 is 0. The summed E-state index contributed by atoms with van der Waals surface area (Å²) in [6.45, 7) is 0. The Hall–Kier alpha value is -3.14. The van der Waals surface area contributed by atoms with Crippen molar-refractivity contribution >= 4 is 5.97 Å². The predicted octanol–water partition coefficient (Wildman–Crippen LogP) is 4.21. The highest BCUT2D eigenvalue weighted by atomic mass is 16.5. The highest BCUT2D eigenvalue weighted by molar-refractivity contribution is 5.90. The summed E-state index contributed by atoms with van der Waals surface area (Å²) < 4.78 is 9.87. The Balaban J connectivity index is 1.85. The summed E-state index contributed by atoms with van der Waals surface area (Å²) in [6.07, 6.45) is 0. The smallest absolute Gasteiger partial charge is 0.337 e. The van der Waals surface area contributed by atoms with Gasteiger partial charge in [-0.15, -0.1) is 0 Å². The van der Waals surface area contributed by atoms with E-state index in [2.05, 4.69) is 4.98 Å². The molecule has 1 heterocycles. The van der Waals surface area contributed by atoms with Gasteiger partial charge in [0, 0.05) is 11.6 Å². The number of aromatic nitrogens is 1. The number of hydrogen-bond acceptors (Lipinski definition) is 4. The third-order valence-electron chi connectivity index (χ3n) is 3.75. The van der Waals surface area contributed by atoms with Crippen molar-refractivity contribution in [2.24, 2.45) is 0 Å². The first kappa shape index (κ1) is 15.7. The van der Waals surface area contributed by atoms with Gasteiger partial charge in [-0.2, -0.15) is 0 Å². The van der Waals surface area contributed by atoms with Crippen molar-refractivity contribution in [1.82, 2.24) is 4.98 Å². The van der Waals surface area contributed by atoms with Crippen LogP contribution in [0, 0.1) is 0 Å². The van der Waals surface area contributed by atoms with Crippen LogP contribution in [0.1, 0.15) is 10.4 Å². The molecule has 0 aliphatic rings. The average Bonchev–Trinajstić information content (AvgIpc) is 2.67. The minimum Gasteiger partial charge on any atom is -0.481 e. The largest absolute Gasteiger partial charge is 0.481 e. The van der Waals surface area contributed by atoms with Gasteiger partial charge in [-0.05, 0) is 29.3 Å². The number of nitrogens with zero attached hydrogens (tertiary/aromatic N) is 1. The molecule has 24 heavy (non-hydrogen) atoms. The molecule has 120 valence electrons. The van der Waals surface area contributed by atoms with Crippen LogP contribution in [0.25, 0.3) is 22.4 Å². The molecule has 3 aromatic rings. The topological polar surface area (TPSA) is 48.4 Å². The molecule has 4 heteroatoms. The van der Waals surface area contributed by atoms with Gasteiger partial charge in [0.15, 0.2) is 0 Å². The number of carbonyl (C=O) groups excluding carboxylic acids is 1. The number of rotatable bonds is 4. The van der Waals surface area contributed by atoms with Crippen molar-refractivity contribution in [2.45, 2.75) is 0 Å². The second-order valence-corrected chi connectivity index (χ2v) is 5.21. The van der Waals surface area contributed by atoms with Gasteiger partial charge in [0.1, 0.15) is 0 Å². The summed E-state index contributed by atoms with van der Waals surface area (Å²) in [5.74, 6) is 0.260. The molecule has 0 unspecified atom stereocenters. The number of ether oxygens (including phenoxy) is 2. The fourth-order valence-electron chi connectivity index (χ4n) is 2.44. The number of carbonyl (C=O) groups is 1. The van der Waals surface area contributed by atoms with E-state index in [1.807, 2.05) is 54.6 Å². The van der Waals surface area contributed by atoms with Crippen molar-refractivity contribution in [3.05, 3.63) is 72.3 Å². The van der Waals surface area contributed by atoms with Crippen molar-refractivity contribution in [2.75, 3.05) is 14.2 Å². The first-order chi connectivity index (χ1) is 11.7. The second-order valence-electron chi connectivity index (χ2n) is 5.21. The van der Waals surface area contributed by atoms with E-state index in [9.17, 15) is 4.79 Å². The SMILES string of the molecule is COC(=O)c1ccc(-c2ccc(-c3cccc(OC)n3)cc2)cc1. The van der Waals surface area contributed by atoms with Crippen molar-refractivity contribution < 1.29 is 14.3 Å². The van der Waals surface area contributed by atoms with Gasteiger partial charge in [0.05, 0.1) is 25.5 Å². The maximum Gasteiger partial charge on any atom is 0.337 e. The van der Waals surface area contributed by atoms with Gasteiger partial charge >= 0.3 is 5.97 Å². The molecule has 0 fully saturated rings. The Kier molecular flexibility index (Phi) is 4.57. The van der Waals surface area contributed by atoms with E-state index in [1.165, 1.54) is 7.11 Å². The maximum atomic E-state index is 11.5. The highest BCUT2D eigenvalue weighted by Gasteiger charge is 2.06. The molecule has 0 N–H and O–H groups in total. The molecule has 0 radical (unpaired) electrons. The van der Waals surface area contributed by atoms with Gasteiger partial charge < -0.3 is 9.47 Å². The molecular formula is C20H17NO3. The quantitative estimate of drug-likeness (QED) is 0.676. The van der Waals surface area contributed by atoms with E-state index in [0.717, 1.165) is 22.4 Å². The first-order valence-corrected chi connectivity index (χ1v) is 7.51. The lowest BCUT2D eigenvalue weighted by atomic mass is 10.0.